The first-order valence-corrected chi connectivity index (χ1v) is 6.68. The molecule has 2 aromatic rings. The average Bonchev–Trinajstić information content (AvgIpc) is 2.48. The van der Waals surface area contributed by atoms with Crippen molar-refractivity contribution in [3.63, 3.8) is 0 Å². The molecule has 0 fully saturated rings. The van der Waals surface area contributed by atoms with Gasteiger partial charge in [-0.15, -0.1) is 0 Å². The van der Waals surface area contributed by atoms with Crippen molar-refractivity contribution in [1.29, 1.82) is 0 Å². The summed E-state index contributed by atoms with van der Waals surface area (Å²) in [5.41, 5.74) is 1.86. The molecule has 0 aliphatic rings. The lowest BCUT2D eigenvalue weighted by Crippen LogP contribution is -2.34. The molecule has 0 saturated heterocycles. The number of methoxy groups -OCH3 is 1. The zero-order chi connectivity index (χ0) is 14.4. The molecule has 0 aromatic heterocycles. The van der Waals surface area contributed by atoms with E-state index in [1.165, 1.54) is 5.56 Å². The van der Waals surface area contributed by atoms with Gasteiger partial charge in [0.2, 0.25) is 0 Å². The highest BCUT2D eigenvalue weighted by Gasteiger charge is 2.10. The maximum Gasteiger partial charge on any atom is 0.251 e. The molecule has 0 aliphatic heterocycles. The Morgan fingerprint density at radius 1 is 1.10 bits per heavy atom. The van der Waals surface area contributed by atoms with Crippen molar-refractivity contribution in [3.8, 4) is 5.75 Å². The summed E-state index contributed by atoms with van der Waals surface area (Å²) >= 11 is 0. The molecule has 0 radical (unpaired) electrons. The first kappa shape index (κ1) is 14.1. The third-order valence-corrected chi connectivity index (χ3v) is 3.11. The van der Waals surface area contributed by atoms with Gasteiger partial charge in [-0.3, -0.25) is 4.79 Å². The van der Waals surface area contributed by atoms with Crippen LogP contribution in [0.2, 0.25) is 0 Å². The standard InChI is InChI=1S/C17H19NO2/c1-13(12-14-6-4-3-5-7-14)18-17(19)15-8-10-16(20-2)11-9-15/h3-11,13H,12H2,1-2H3,(H,18,19)/t13-/m1/s1. The maximum absolute atomic E-state index is 12.1. The summed E-state index contributed by atoms with van der Waals surface area (Å²) in [4.78, 5) is 12.1. The summed E-state index contributed by atoms with van der Waals surface area (Å²) in [5.74, 6) is 0.690. The number of hydrogen-bond donors (Lipinski definition) is 1. The predicted octanol–water partition coefficient (Wildman–Crippen LogP) is 3.06. The van der Waals surface area contributed by atoms with Crippen molar-refractivity contribution in [2.45, 2.75) is 19.4 Å². The fraction of sp³-hybridized carbons (Fsp3) is 0.235. The van der Waals surface area contributed by atoms with E-state index in [1.54, 1.807) is 31.4 Å². The minimum Gasteiger partial charge on any atom is -0.497 e. The van der Waals surface area contributed by atoms with Crippen LogP contribution in [-0.2, 0) is 6.42 Å². The second kappa shape index (κ2) is 6.75. The van der Waals surface area contributed by atoms with Crippen LogP contribution in [0.5, 0.6) is 5.75 Å². The summed E-state index contributed by atoms with van der Waals surface area (Å²) in [7, 11) is 1.61. The number of benzene rings is 2. The van der Waals surface area contributed by atoms with Crippen molar-refractivity contribution < 1.29 is 9.53 Å². The largest absolute Gasteiger partial charge is 0.497 e. The van der Waals surface area contributed by atoms with E-state index in [2.05, 4.69) is 17.4 Å². The second-order valence-corrected chi connectivity index (χ2v) is 4.79. The molecule has 104 valence electrons. The highest BCUT2D eigenvalue weighted by Crippen LogP contribution is 2.11. The number of ether oxygens (including phenoxy) is 1. The summed E-state index contributed by atoms with van der Waals surface area (Å²) in [5, 5.41) is 3.00. The summed E-state index contributed by atoms with van der Waals surface area (Å²) < 4.78 is 5.08. The van der Waals surface area contributed by atoms with Gasteiger partial charge in [0.25, 0.3) is 5.91 Å². The first-order valence-electron chi connectivity index (χ1n) is 6.68. The molecular formula is C17H19NO2. The smallest absolute Gasteiger partial charge is 0.251 e. The monoisotopic (exact) mass is 269 g/mol. The van der Waals surface area contributed by atoms with E-state index in [1.807, 2.05) is 25.1 Å². The molecule has 1 N–H and O–H groups in total. The van der Waals surface area contributed by atoms with Crippen molar-refractivity contribution in [2.24, 2.45) is 0 Å². The summed E-state index contributed by atoms with van der Waals surface area (Å²) in [6, 6.07) is 17.3. The Labute approximate surface area is 119 Å². The fourth-order valence-electron chi connectivity index (χ4n) is 2.07. The van der Waals surface area contributed by atoms with Gasteiger partial charge in [0.15, 0.2) is 0 Å². The second-order valence-electron chi connectivity index (χ2n) is 4.79. The predicted molar refractivity (Wildman–Crippen MR) is 80.1 cm³/mol. The van der Waals surface area contributed by atoms with E-state index >= 15 is 0 Å². The lowest BCUT2D eigenvalue weighted by atomic mass is 10.1. The third kappa shape index (κ3) is 3.85. The van der Waals surface area contributed by atoms with Crippen LogP contribution in [0, 0.1) is 0 Å². The Kier molecular flexibility index (Phi) is 4.77. The van der Waals surface area contributed by atoms with Gasteiger partial charge in [-0.25, -0.2) is 0 Å². The Morgan fingerprint density at radius 2 is 1.75 bits per heavy atom. The van der Waals surface area contributed by atoms with Gasteiger partial charge in [-0.05, 0) is 43.2 Å². The molecule has 3 heteroatoms. The van der Waals surface area contributed by atoms with Crippen molar-refractivity contribution in [2.75, 3.05) is 7.11 Å². The van der Waals surface area contributed by atoms with E-state index in [4.69, 9.17) is 4.74 Å². The minimum atomic E-state index is -0.0592. The number of carbonyl (C=O) groups excluding carboxylic acids is 1. The number of amides is 1. The lowest BCUT2D eigenvalue weighted by Gasteiger charge is -2.14. The highest BCUT2D eigenvalue weighted by atomic mass is 16.5. The zero-order valence-electron chi connectivity index (χ0n) is 11.8. The molecule has 3 nitrogen and oxygen atoms in total. The van der Waals surface area contributed by atoms with Gasteiger partial charge < -0.3 is 10.1 Å². The average molecular weight is 269 g/mol. The van der Waals surface area contributed by atoms with E-state index < -0.39 is 0 Å². The number of rotatable bonds is 5. The molecular weight excluding hydrogens is 250 g/mol. The van der Waals surface area contributed by atoms with Crippen LogP contribution in [0.1, 0.15) is 22.8 Å². The third-order valence-electron chi connectivity index (χ3n) is 3.11. The number of carbonyl (C=O) groups is 1. The number of hydrogen-bond acceptors (Lipinski definition) is 2. The molecule has 2 aromatic carbocycles. The van der Waals surface area contributed by atoms with E-state index in [0.29, 0.717) is 5.56 Å². The first-order chi connectivity index (χ1) is 9.69. The zero-order valence-corrected chi connectivity index (χ0v) is 11.8. The Hall–Kier alpha value is -2.29. The molecule has 0 unspecified atom stereocenters. The molecule has 0 aliphatic carbocycles. The molecule has 0 bridgehead atoms. The molecule has 0 saturated carbocycles. The lowest BCUT2D eigenvalue weighted by molar-refractivity contribution is 0.0940. The van der Waals surface area contributed by atoms with Crippen LogP contribution < -0.4 is 10.1 Å². The van der Waals surface area contributed by atoms with E-state index in [0.717, 1.165) is 12.2 Å². The van der Waals surface area contributed by atoms with Crippen LogP contribution in [-0.4, -0.2) is 19.1 Å². The topological polar surface area (TPSA) is 38.3 Å². The highest BCUT2D eigenvalue weighted by molar-refractivity contribution is 5.94. The van der Waals surface area contributed by atoms with Crippen LogP contribution in [0.15, 0.2) is 54.6 Å². The van der Waals surface area contributed by atoms with Crippen LogP contribution in [0.3, 0.4) is 0 Å². The minimum absolute atomic E-state index is 0.0592. The normalized spacial score (nSPS) is 11.7. The molecule has 0 heterocycles. The molecule has 1 amide bonds. The van der Waals surface area contributed by atoms with Gasteiger partial charge in [0, 0.05) is 11.6 Å². The van der Waals surface area contributed by atoms with E-state index in [9.17, 15) is 4.79 Å². The van der Waals surface area contributed by atoms with Crippen LogP contribution in [0.25, 0.3) is 0 Å². The van der Waals surface area contributed by atoms with Gasteiger partial charge in [0.05, 0.1) is 7.11 Å². The number of nitrogens with one attached hydrogen (secondary N) is 1. The molecule has 0 spiro atoms. The summed E-state index contributed by atoms with van der Waals surface area (Å²) in [6.45, 7) is 2.01. The molecule has 20 heavy (non-hydrogen) atoms. The van der Waals surface area contributed by atoms with Crippen molar-refractivity contribution in [3.05, 3.63) is 65.7 Å². The van der Waals surface area contributed by atoms with Crippen molar-refractivity contribution >= 4 is 5.91 Å². The van der Waals surface area contributed by atoms with Crippen LogP contribution >= 0.6 is 0 Å². The molecule has 1 atom stereocenters. The summed E-state index contributed by atoms with van der Waals surface area (Å²) in [6.07, 6.45) is 0.822. The van der Waals surface area contributed by atoms with Gasteiger partial charge in [-0.1, -0.05) is 30.3 Å². The Balaban J connectivity index is 1.93. The van der Waals surface area contributed by atoms with Gasteiger partial charge in [0.1, 0.15) is 5.75 Å². The molecule has 2 rings (SSSR count). The Bertz CT molecular complexity index is 549. The Morgan fingerprint density at radius 3 is 2.35 bits per heavy atom. The van der Waals surface area contributed by atoms with E-state index in [-0.39, 0.29) is 11.9 Å². The van der Waals surface area contributed by atoms with Crippen LogP contribution in [0.4, 0.5) is 0 Å². The fourth-order valence-corrected chi connectivity index (χ4v) is 2.07. The maximum atomic E-state index is 12.1. The van der Waals surface area contributed by atoms with Gasteiger partial charge >= 0.3 is 0 Å². The van der Waals surface area contributed by atoms with Crippen molar-refractivity contribution in [1.82, 2.24) is 5.32 Å². The quantitative estimate of drug-likeness (QED) is 0.906. The van der Waals surface area contributed by atoms with Gasteiger partial charge in [-0.2, -0.15) is 0 Å². The SMILES string of the molecule is COc1ccc(C(=O)N[C@H](C)Cc2ccccc2)cc1.